The summed E-state index contributed by atoms with van der Waals surface area (Å²) < 4.78 is 0. The van der Waals surface area contributed by atoms with E-state index in [9.17, 15) is 9.59 Å². The summed E-state index contributed by atoms with van der Waals surface area (Å²) in [6.07, 6.45) is 3.68. The Morgan fingerprint density at radius 3 is 2.80 bits per heavy atom. The van der Waals surface area contributed by atoms with Crippen LogP contribution in [0.2, 0.25) is 0 Å². The summed E-state index contributed by atoms with van der Waals surface area (Å²) in [4.78, 5) is 29.4. The van der Waals surface area contributed by atoms with Gasteiger partial charge >= 0.3 is 5.97 Å². The first-order valence-corrected chi connectivity index (χ1v) is 8.64. The van der Waals surface area contributed by atoms with E-state index in [0.717, 1.165) is 29.3 Å². The van der Waals surface area contributed by atoms with Crippen molar-refractivity contribution in [3.05, 3.63) is 42.1 Å². The lowest BCUT2D eigenvalue weighted by Gasteiger charge is -2.42. The fraction of sp³-hybridized carbons (Fsp3) is 0.421. The van der Waals surface area contributed by atoms with E-state index >= 15 is 0 Å². The number of hydrogen-bond donors (Lipinski definition) is 2. The third-order valence-corrected chi connectivity index (χ3v) is 4.75. The highest BCUT2D eigenvalue weighted by atomic mass is 16.4. The predicted octanol–water partition coefficient (Wildman–Crippen LogP) is 1.83. The molecule has 1 heterocycles. The molecule has 1 fully saturated rings. The molecule has 0 aliphatic heterocycles. The first-order valence-electron chi connectivity index (χ1n) is 8.64. The largest absolute Gasteiger partial charge is 0.480 e. The van der Waals surface area contributed by atoms with Crippen molar-refractivity contribution >= 4 is 22.8 Å². The number of carbonyl (C=O) groups is 2. The molecule has 1 aliphatic rings. The molecular weight excluding hydrogens is 318 g/mol. The highest BCUT2D eigenvalue weighted by Crippen LogP contribution is 2.25. The van der Waals surface area contributed by atoms with Crippen LogP contribution in [0.4, 0.5) is 0 Å². The van der Waals surface area contributed by atoms with Gasteiger partial charge in [-0.2, -0.15) is 0 Å². The highest BCUT2D eigenvalue weighted by Gasteiger charge is 2.34. The lowest BCUT2D eigenvalue weighted by molar-refractivity contribution is -0.139. The number of carboxylic acids is 1. The van der Waals surface area contributed by atoms with Crippen LogP contribution in [0.15, 0.2) is 36.5 Å². The van der Waals surface area contributed by atoms with E-state index in [1.54, 1.807) is 6.20 Å². The van der Waals surface area contributed by atoms with Crippen LogP contribution in [0.5, 0.6) is 0 Å². The number of carbonyl (C=O) groups excluding carboxylic acids is 1. The molecule has 25 heavy (non-hydrogen) atoms. The molecular formula is C19H23N3O3. The Morgan fingerprint density at radius 2 is 2.08 bits per heavy atom. The maximum Gasteiger partial charge on any atom is 0.317 e. The molecule has 2 aromatic rings. The molecule has 0 unspecified atom stereocenters. The zero-order chi connectivity index (χ0) is 17.8. The van der Waals surface area contributed by atoms with Crippen LogP contribution in [0.3, 0.4) is 0 Å². The number of pyridine rings is 1. The van der Waals surface area contributed by atoms with Gasteiger partial charge in [-0.25, -0.2) is 0 Å². The molecule has 3 rings (SSSR count). The number of hydrogen-bond acceptors (Lipinski definition) is 4. The first-order chi connectivity index (χ1) is 12.0. The van der Waals surface area contributed by atoms with Crippen molar-refractivity contribution in [2.24, 2.45) is 0 Å². The number of aromatic nitrogens is 1. The van der Waals surface area contributed by atoms with Gasteiger partial charge in [0.2, 0.25) is 5.91 Å². The zero-order valence-corrected chi connectivity index (χ0v) is 14.3. The zero-order valence-electron chi connectivity index (χ0n) is 14.3. The Hall–Kier alpha value is -2.47. The number of fused-ring (bicyclic) bond motifs is 1. The van der Waals surface area contributed by atoms with E-state index in [-0.39, 0.29) is 24.5 Å². The van der Waals surface area contributed by atoms with Crippen LogP contribution < -0.4 is 5.32 Å². The van der Waals surface area contributed by atoms with Gasteiger partial charge in [-0.05, 0) is 37.1 Å². The van der Waals surface area contributed by atoms with Gasteiger partial charge in [-0.15, -0.1) is 0 Å². The van der Waals surface area contributed by atoms with Gasteiger partial charge in [0.25, 0.3) is 0 Å². The number of nitrogens with one attached hydrogen (secondary N) is 1. The summed E-state index contributed by atoms with van der Waals surface area (Å²) in [6.45, 7) is 2.73. The molecule has 1 amide bonds. The van der Waals surface area contributed by atoms with Gasteiger partial charge in [-0.3, -0.25) is 19.5 Å². The van der Waals surface area contributed by atoms with Gasteiger partial charge in [0.15, 0.2) is 0 Å². The van der Waals surface area contributed by atoms with E-state index in [0.29, 0.717) is 13.0 Å². The van der Waals surface area contributed by atoms with E-state index in [2.05, 4.69) is 10.3 Å². The molecule has 6 heteroatoms. The SMILES string of the molecule is CCN(CC(=O)O)C1CC(NC(=O)Cc2cnc3ccccc3c2)C1. The second kappa shape index (κ2) is 7.61. The Labute approximate surface area is 146 Å². The van der Waals surface area contributed by atoms with Crippen LogP contribution in [-0.2, 0) is 16.0 Å². The standard InChI is InChI=1S/C19H23N3O3/c1-2-22(12-19(24)25)16-9-15(10-16)21-18(23)8-13-7-14-5-3-4-6-17(14)20-11-13/h3-7,11,15-16H,2,8-10,12H2,1H3,(H,21,23)(H,24,25). The number of nitrogens with zero attached hydrogens (tertiary/aromatic N) is 2. The van der Waals surface area contributed by atoms with E-state index in [1.165, 1.54) is 0 Å². The summed E-state index contributed by atoms with van der Waals surface area (Å²) in [6, 6.07) is 10.2. The average molecular weight is 341 g/mol. The van der Waals surface area contributed by atoms with Gasteiger partial charge in [0, 0.05) is 23.7 Å². The summed E-state index contributed by atoms with van der Waals surface area (Å²) in [7, 11) is 0. The third kappa shape index (κ3) is 4.33. The van der Waals surface area contributed by atoms with Crippen molar-refractivity contribution in [2.45, 2.75) is 38.3 Å². The van der Waals surface area contributed by atoms with Crippen LogP contribution >= 0.6 is 0 Å². The molecule has 1 aromatic heterocycles. The first kappa shape index (κ1) is 17.4. The monoisotopic (exact) mass is 341 g/mol. The van der Waals surface area contributed by atoms with Gasteiger partial charge in [0.05, 0.1) is 18.5 Å². The minimum absolute atomic E-state index is 0.0122. The maximum absolute atomic E-state index is 12.2. The Kier molecular flexibility index (Phi) is 5.28. The van der Waals surface area contributed by atoms with Crippen LogP contribution in [-0.4, -0.2) is 52.0 Å². The second-order valence-electron chi connectivity index (χ2n) is 6.56. The fourth-order valence-corrected chi connectivity index (χ4v) is 3.35. The Balaban J connectivity index is 1.49. The summed E-state index contributed by atoms with van der Waals surface area (Å²) in [5, 5.41) is 13.0. The van der Waals surface area contributed by atoms with Crippen LogP contribution in [0, 0.1) is 0 Å². The second-order valence-corrected chi connectivity index (χ2v) is 6.56. The number of likely N-dealkylation sites (N-methyl/N-ethyl adjacent to an activating group) is 1. The number of aliphatic carboxylic acids is 1. The Morgan fingerprint density at radius 1 is 1.32 bits per heavy atom. The number of carboxylic acid groups (broad SMARTS) is 1. The Bertz CT molecular complexity index is 771. The van der Waals surface area contributed by atoms with E-state index in [1.807, 2.05) is 42.2 Å². The van der Waals surface area contributed by atoms with Crippen molar-refractivity contribution in [1.29, 1.82) is 0 Å². The average Bonchev–Trinajstić information content (AvgIpc) is 2.55. The number of benzene rings is 1. The van der Waals surface area contributed by atoms with Gasteiger partial charge < -0.3 is 10.4 Å². The number of para-hydroxylation sites is 1. The number of rotatable bonds is 7. The van der Waals surface area contributed by atoms with Crippen molar-refractivity contribution < 1.29 is 14.7 Å². The lowest BCUT2D eigenvalue weighted by Crippen LogP contribution is -2.55. The molecule has 2 N–H and O–H groups in total. The molecule has 0 radical (unpaired) electrons. The van der Waals surface area contributed by atoms with Gasteiger partial charge in [-0.1, -0.05) is 25.1 Å². The normalized spacial score (nSPS) is 19.6. The fourth-order valence-electron chi connectivity index (χ4n) is 3.35. The summed E-state index contributed by atoms with van der Waals surface area (Å²) in [5.74, 6) is -0.819. The third-order valence-electron chi connectivity index (χ3n) is 4.75. The quantitative estimate of drug-likeness (QED) is 0.803. The summed E-state index contributed by atoms with van der Waals surface area (Å²) in [5.41, 5.74) is 1.82. The predicted molar refractivity (Wildman–Crippen MR) is 95.3 cm³/mol. The van der Waals surface area contributed by atoms with E-state index < -0.39 is 5.97 Å². The molecule has 0 spiro atoms. The molecule has 0 bridgehead atoms. The molecule has 1 aromatic carbocycles. The topological polar surface area (TPSA) is 82.5 Å². The summed E-state index contributed by atoms with van der Waals surface area (Å²) >= 11 is 0. The van der Waals surface area contributed by atoms with Crippen molar-refractivity contribution in [2.75, 3.05) is 13.1 Å². The van der Waals surface area contributed by atoms with Crippen LogP contribution in [0.25, 0.3) is 10.9 Å². The van der Waals surface area contributed by atoms with Gasteiger partial charge in [0.1, 0.15) is 0 Å². The molecule has 1 aliphatic carbocycles. The number of amides is 1. The van der Waals surface area contributed by atoms with Crippen LogP contribution in [0.1, 0.15) is 25.3 Å². The molecule has 0 saturated heterocycles. The molecule has 0 atom stereocenters. The maximum atomic E-state index is 12.2. The van der Waals surface area contributed by atoms with Crippen molar-refractivity contribution in [1.82, 2.24) is 15.2 Å². The van der Waals surface area contributed by atoms with Crippen molar-refractivity contribution in [3.63, 3.8) is 0 Å². The molecule has 132 valence electrons. The molecule has 6 nitrogen and oxygen atoms in total. The minimum Gasteiger partial charge on any atom is -0.480 e. The van der Waals surface area contributed by atoms with E-state index in [4.69, 9.17) is 5.11 Å². The smallest absolute Gasteiger partial charge is 0.317 e. The van der Waals surface area contributed by atoms with Crippen molar-refractivity contribution in [3.8, 4) is 0 Å². The highest BCUT2D eigenvalue weighted by molar-refractivity contribution is 5.82. The minimum atomic E-state index is -0.807. The lowest BCUT2D eigenvalue weighted by atomic mass is 9.85. The molecule has 1 saturated carbocycles.